The van der Waals surface area contributed by atoms with Crippen molar-refractivity contribution in [1.82, 2.24) is 14.5 Å². The van der Waals surface area contributed by atoms with Gasteiger partial charge in [-0.05, 0) is 44.7 Å². The SMILES string of the molecule is Cc1ccnc2c1nc(C(C)Cl)n2C(C)CCCC(C)C. The second-order valence-electron chi connectivity index (χ2n) is 6.43. The average Bonchev–Trinajstić information content (AvgIpc) is 2.79. The molecule has 0 fully saturated rings. The molecule has 0 radical (unpaired) electrons. The fourth-order valence-electron chi connectivity index (χ4n) is 2.79. The molecule has 2 rings (SSSR count). The molecule has 0 N–H and O–H groups in total. The van der Waals surface area contributed by atoms with Crippen LogP contribution in [0.15, 0.2) is 12.3 Å². The first kappa shape index (κ1) is 16.3. The molecule has 2 atom stereocenters. The van der Waals surface area contributed by atoms with Gasteiger partial charge in [-0.3, -0.25) is 0 Å². The van der Waals surface area contributed by atoms with Gasteiger partial charge < -0.3 is 4.57 Å². The monoisotopic (exact) mass is 307 g/mol. The van der Waals surface area contributed by atoms with Crippen LogP contribution in [0.3, 0.4) is 0 Å². The lowest BCUT2D eigenvalue weighted by molar-refractivity contribution is 0.443. The zero-order valence-electron chi connectivity index (χ0n) is 13.7. The molecule has 3 nitrogen and oxygen atoms in total. The largest absolute Gasteiger partial charge is 0.309 e. The Bertz CT molecular complexity index is 601. The number of halogens is 1. The first-order valence-corrected chi connectivity index (χ1v) is 8.33. The number of hydrogen-bond acceptors (Lipinski definition) is 2. The van der Waals surface area contributed by atoms with Crippen molar-refractivity contribution in [3.05, 3.63) is 23.7 Å². The number of nitrogens with zero attached hydrogens (tertiary/aromatic N) is 3. The first-order valence-electron chi connectivity index (χ1n) is 7.89. The van der Waals surface area contributed by atoms with Gasteiger partial charge in [0, 0.05) is 12.2 Å². The Labute approximate surface area is 132 Å². The summed E-state index contributed by atoms with van der Waals surface area (Å²) in [6.07, 6.45) is 5.48. The molecule has 2 unspecified atom stereocenters. The number of pyridine rings is 1. The molecule has 0 aromatic carbocycles. The highest BCUT2D eigenvalue weighted by Gasteiger charge is 2.20. The van der Waals surface area contributed by atoms with E-state index in [1.54, 1.807) is 0 Å². The van der Waals surface area contributed by atoms with Gasteiger partial charge in [0.25, 0.3) is 0 Å². The predicted octanol–water partition coefficient (Wildman–Crippen LogP) is 5.43. The highest BCUT2D eigenvalue weighted by atomic mass is 35.5. The first-order chi connectivity index (χ1) is 9.91. The van der Waals surface area contributed by atoms with Crippen molar-refractivity contribution >= 4 is 22.8 Å². The summed E-state index contributed by atoms with van der Waals surface area (Å²) in [6.45, 7) is 10.8. The summed E-state index contributed by atoms with van der Waals surface area (Å²) >= 11 is 6.35. The Hall–Kier alpha value is -1.09. The van der Waals surface area contributed by atoms with Crippen LogP contribution in [0, 0.1) is 12.8 Å². The fourth-order valence-corrected chi connectivity index (χ4v) is 2.95. The molecule has 116 valence electrons. The Morgan fingerprint density at radius 3 is 2.52 bits per heavy atom. The van der Waals surface area contributed by atoms with E-state index in [-0.39, 0.29) is 5.38 Å². The lowest BCUT2D eigenvalue weighted by Gasteiger charge is -2.18. The van der Waals surface area contributed by atoms with E-state index in [1.807, 2.05) is 19.2 Å². The van der Waals surface area contributed by atoms with Crippen LogP contribution in [0.25, 0.3) is 11.2 Å². The average molecular weight is 308 g/mol. The standard InChI is InChI=1S/C17H26ClN3/c1-11(2)7-6-8-13(4)21-16(14(5)18)20-15-12(3)9-10-19-17(15)21/h9-11,13-14H,6-8H2,1-5H3. The number of fused-ring (bicyclic) bond motifs is 1. The molecule has 4 heteroatoms. The van der Waals surface area contributed by atoms with Crippen molar-refractivity contribution in [2.45, 2.75) is 65.3 Å². The summed E-state index contributed by atoms with van der Waals surface area (Å²) in [5.74, 6) is 1.69. The van der Waals surface area contributed by atoms with Crippen LogP contribution in [0.4, 0.5) is 0 Å². The Morgan fingerprint density at radius 1 is 1.19 bits per heavy atom. The molecule has 0 saturated carbocycles. The van der Waals surface area contributed by atoms with E-state index in [0.29, 0.717) is 6.04 Å². The maximum absolute atomic E-state index is 6.35. The third-order valence-corrected chi connectivity index (χ3v) is 4.20. The van der Waals surface area contributed by atoms with Gasteiger partial charge in [0.05, 0.1) is 5.38 Å². The maximum Gasteiger partial charge on any atom is 0.160 e. The second kappa shape index (κ2) is 6.78. The summed E-state index contributed by atoms with van der Waals surface area (Å²) in [7, 11) is 0. The third-order valence-electron chi connectivity index (χ3n) is 4.01. The highest BCUT2D eigenvalue weighted by Crippen LogP contribution is 2.30. The normalized spacial score (nSPS) is 14.8. The molecular weight excluding hydrogens is 282 g/mol. The van der Waals surface area contributed by atoms with E-state index in [0.717, 1.165) is 34.9 Å². The second-order valence-corrected chi connectivity index (χ2v) is 7.08. The third kappa shape index (κ3) is 3.57. The van der Waals surface area contributed by atoms with E-state index < -0.39 is 0 Å². The number of aromatic nitrogens is 3. The Morgan fingerprint density at radius 2 is 1.90 bits per heavy atom. The smallest absolute Gasteiger partial charge is 0.160 e. The van der Waals surface area contributed by atoms with Gasteiger partial charge in [-0.2, -0.15) is 0 Å². The van der Waals surface area contributed by atoms with Gasteiger partial charge in [-0.1, -0.05) is 26.7 Å². The number of aryl methyl sites for hydroxylation is 1. The number of imidazole rings is 1. The maximum atomic E-state index is 6.35. The summed E-state index contributed by atoms with van der Waals surface area (Å²) in [6, 6.07) is 2.38. The number of hydrogen-bond donors (Lipinski definition) is 0. The molecule has 0 amide bonds. The topological polar surface area (TPSA) is 30.7 Å². The zero-order chi connectivity index (χ0) is 15.6. The van der Waals surface area contributed by atoms with E-state index in [2.05, 4.69) is 37.2 Å². The summed E-state index contributed by atoms with van der Waals surface area (Å²) < 4.78 is 2.24. The van der Waals surface area contributed by atoms with Crippen molar-refractivity contribution in [1.29, 1.82) is 0 Å². The molecular formula is C17H26ClN3. The van der Waals surface area contributed by atoms with Gasteiger partial charge in [-0.25, -0.2) is 9.97 Å². The molecule has 0 aliphatic rings. The van der Waals surface area contributed by atoms with E-state index in [1.165, 1.54) is 12.8 Å². The Kier molecular flexibility index (Phi) is 5.26. The summed E-state index contributed by atoms with van der Waals surface area (Å²) in [4.78, 5) is 9.30. The molecule has 0 aliphatic heterocycles. The van der Waals surface area contributed by atoms with E-state index in [9.17, 15) is 0 Å². The molecule has 2 heterocycles. The van der Waals surface area contributed by atoms with Crippen LogP contribution in [-0.2, 0) is 0 Å². The van der Waals surface area contributed by atoms with Crippen molar-refractivity contribution in [3.8, 4) is 0 Å². The minimum Gasteiger partial charge on any atom is -0.309 e. The molecule has 0 aliphatic carbocycles. The van der Waals surface area contributed by atoms with Crippen molar-refractivity contribution in [2.75, 3.05) is 0 Å². The van der Waals surface area contributed by atoms with Crippen LogP contribution in [0.2, 0.25) is 0 Å². The van der Waals surface area contributed by atoms with Crippen LogP contribution >= 0.6 is 11.6 Å². The number of rotatable bonds is 6. The molecule has 2 aromatic rings. The minimum atomic E-state index is -0.105. The van der Waals surface area contributed by atoms with Crippen LogP contribution in [0.1, 0.15) is 69.8 Å². The zero-order valence-corrected chi connectivity index (χ0v) is 14.5. The van der Waals surface area contributed by atoms with E-state index >= 15 is 0 Å². The Balaban J connectivity index is 2.36. The highest BCUT2D eigenvalue weighted by molar-refractivity contribution is 6.20. The lowest BCUT2D eigenvalue weighted by Crippen LogP contribution is -2.11. The fraction of sp³-hybridized carbons (Fsp3) is 0.647. The van der Waals surface area contributed by atoms with Crippen molar-refractivity contribution in [2.24, 2.45) is 5.92 Å². The molecule has 0 bridgehead atoms. The molecule has 0 saturated heterocycles. The quantitative estimate of drug-likeness (QED) is 0.666. The van der Waals surface area contributed by atoms with Gasteiger partial charge >= 0.3 is 0 Å². The van der Waals surface area contributed by atoms with Crippen molar-refractivity contribution < 1.29 is 0 Å². The molecule has 0 spiro atoms. The number of alkyl halides is 1. The minimum absolute atomic E-state index is 0.105. The van der Waals surface area contributed by atoms with Gasteiger partial charge in [-0.15, -0.1) is 11.6 Å². The van der Waals surface area contributed by atoms with Gasteiger partial charge in [0.1, 0.15) is 11.3 Å². The molecule has 2 aromatic heterocycles. The van der Waals surface area contributed by atoms with Crippen LogP contribution < -0.4 is 0 Å². The van der Waals surface area contributed by atoms with Crippen LogP contribution in [-0.4, -0.2) is 14.5 Å². The summed E-state index contributed by atoms with van der Waals surface area (Å²) in [5, 5.41) is -0.105. The van der Waals surface area contributed by atoms with E-state index in [4.69, 9.17) is 16.6 Å². The predicted molar refractivity (Wildman–Crippen MR) is 89.9 cm³/mol. The molecule has 21 heavy (non-hydrogen) atoms. The summed E-state index contributed by atoms with van der Waals surface area (Å²) in [5.41, 5.74) is 3.11. The van der Waals surface area contributed by atoms with Crippen LogP contribution in [0.5, 0.6) is 0 Å². The van der Waals surface area contributed by atoms with Crippen molar-refractivity contribution in [3.63, 3.8) is 0 Å². The lowest BCUT2D eigenvalue weighted by atomic mass is 10.0. The van der Waals surface area contributed by atoms with Gasteiger partial charge in [0.2, 0.25) is 0 Å². The van der Waals surface area contributed by atoms with Gasteiger partial charge in [0.15, 0.2) is 5.65 Å².